The van der Waals surface area contributed by atoms with Gasteiger partial charge in [0.1, 0.15) is 0 Å². The summed E-state index contributed by atoms with van der Waals surface area (Å²) in [7, 11) is 1.34. The fourth-order valence-electron chi connectivity index (χ4n) is 4.01. The normalized spacial score (nSPS) is 16.9. The molecule has 0 spiro atoms. The second-order valence-electron chi connectivity index (χ2n) is 7.58. The van der Waals surface area contributed by atoms with Gasteiger partial charge in [0, 0.05) is 30.4 Å². The van der Waals surface area contributed by atoms with E-state index in [0.29, 0.717) is 12.1 Å². The van der Waals surface area contributed by atoms with Crippen LogP contribution in [0.1, 0.15) is 53.2 Å². The van der Waals surface area contributed by atoms with Crippen LogP contribution in [0.2, 0.25) is 0 Å². The molecule has 0 saturated carbocycles. The van der Waals surface area contributed by atoms with Crippen LogP contribution in [0.5, 0.6) is 0 Å². The van der Waals surface area contributed by atoms with Crippen LogP contribution in [0.4, 0.5) is 0 Å². The number of carbonyl (C=O) groups is 1. The standard InChI is InChI=1S/C23H30N2O4S/c1-29-23(26)21-12-10-19(11-13-21)18-25(30(27)28)17-14-22(20-8-4-2-5-9-20)24-15-6-3-7-16-24/h2,4-5,8-13,22H,3,6-7,14-18H2,1H3,(H,27,28)/p-1. The van der Waals surface area contributed by atoms with Crippen molar-refractivity contribution in [3.8, 4) is 0 Å². The molecule has 1 saturated heterocycles. The summed E-state index contributed by atoms with van der Waals surface area (Å²) in [5, 5.41) is 0. The molecule has 30 heavy (non-hydrogen) atoms. The van der Waals surface area contributed by atoms with Crippen molar-refractivity contribution in [2.45, 2.75) is 38.3 Å². The Bertz CT molecular complexity index is 823. The molecule has 1 aliphatic heterocycles. The lowest BCUT2D eigenvalue weighted by Gasteiger charge is -2.36. The van der Waals surface area contributed by atoms with Crippen molar-refractivity contribution in [1.82, 2.24) is 9.21 Å². The van der Waals surface area contributed by atoms with Gasteiger partial charge < -0.3 is 9.29 Å². The molecule has 6 nitrogen and oxygen atoms in total. The van der Waals surface area contributed by atoms with Gasteiger partial charge in [0.15, 0.2) is 0 Å². The minimum Gasteiger partial charge on any atom is -0.760 e. The first-order valence-corrected chi connectivity index (χ1v) is 11.4. The maximum absolute atomic E-state index is 11.9. The average Bonchev–Trinajstić information content (AvgIpc) is 2.79. The summed E-state index contributed by atoms with van der Waals surface area (Å²) >= 11 is -2.32. The number of methoxy groups -OCH3 is 1. The Kier molecular flexibility index (Phi) is 8.57. The van der Waals surface area contributed by atoms with Crippen LogP contribution in [0.3, 0.4) is 0 Å². The lowest BCUT2D eigenvalue weighted by atomic mass is 9.99. The second kappa shape index (κ2) is 11.4. The SMILES string of the molecule is COC(=O)c1ccc(CN(CCC(c2ccccc2)N2CCCCC2)S(=O)[O-])cc1. The van der Waals surface area contributed by atoms with Crippen LogP contribution in [0.15, 0.2) is 54.6 Å². The summed E-state index contributed by atoms with van der Waals surface area (Å²) < 4.78 is 29.9. The second-order valence-corrected chi connectivity index (χ2v) is 8.53. The van der Waals surface area contributed by atoms with E-state index in [1.807, 2.05) is 18.2 Å². The fraction of sp³-hybridized carbons (Fsp3) is 0.435. The molecule has 1 heterocycles. The van der Waals surface area contributed by atoms with Crippen LogP contribution in [0.25, 0.3) is 0 Å². The quantitative estimate of drug-likeness (QED) is 0.449. The van der Waals surface area contributed by atoms with E-state index >= 15 is 0 Å². The molecule has 0 aromatic heterocycles. The highest BCUT2D eigenvalue weighted by Crippen LogP contribution is 2.28. The third-order valence-corrected chi connectivity index (χ3v) is 6.35. The van der Waals surface area contributed by atoms with E-state index in [4.69, 9.17) is 4.74 Å². The van der Waals surface area contributed by atoms with E-state index in [9.17, 15) is 13.6 Å². The van der Waals surface area contributed by atoms with Crippen molar-refractivity contribution in [2.24, 2.45) is 0 Å². The molecule has 2 atom stereocenters. The molecule has 1 fully saturated rings. The van der Waals surface area contributed by atoms with E-state index in [1.165, 1.54) is 36.2 Å². The topological polar surface area (TPSA) is 72.9 Å². The first-order valence-electron chi connectivity index (χ1n) is 10.4. The lowest BCUT2D eigenvalue weighted by Crippen LogP contribution is -2.36. The van der Waals surface area contributed by atoms with Gasteiger partial charge in [0.2, 0.25) is 0 Å². The van der Waals surface area contributed by atoms with E-state index < -0.39 is 17.2 Å². The monoisotopic (exact) mass is 429 g/mol. The molecule has 2 aromatic rings. The molecular weight excluding hydrogens is 400 g/mol. The summed E-state index contributed by atoms with van der Waals surface area (Å²) in [5.74, 6) is -0.405. The summed E-state index contributed by atoms with van der Waals surface area (Å²) in [6.07, 6.45) is 4.37. The molecule has 0 N–H and O–H groups in total. The van der Waals surface area contributed by atoms with Gasteiger partial charge in [-0.25, -0.2) is 9.10 Å². The predicted molar refractivity (Wildman–Crippen MR) is 116 cm³/mol. The molecular formula is C23H29N2O4S-. The summed E-state index contributed by atoms with van der Waals surface area (Å²) in [6, 6.07) is 17.4. The largest absolute Gasteiger partial charge is 0.760 e. The zero-order valence-electron chi connectivity index (χ0n) is 17.4. The summed E-state index contributed by atoms with van der Waals surface area (Å²) in [6.45, 7) is 2.81. The Balaban J connectivity index is 1.68. The number of hydrogen-bond acceptors (Lipinski definition) is 5. The Hall–Kier alpha value is -2.06. The zero-order valence-corrected chi connectivity index (χ0v) is 18.2. The van der Waals surface area contributed by atoms with Crippen molar-refractivity contribution in [3.63, 3.8) is 0 Å². The van der Waals surface area contributed by atoms with Crippen molar-refractivity contribution < 1.29 is 18.3 Å². The van der Waals surface area contributed by atoms with E-state index in [2.05, 4.69) is 17.0 Å². The van der Waals surface area contributed by atoms with Crippen molar-refractivity contribution >= 4 is 17.2 Å². The number of esters is 1. The molecule has 0 bridgehead atoms. The van der Waals surface area contributed by atoms with E-state index in [0.717, 1.165) is 25.1 Å². The first-order chi connectivity index (χ1) is 14.6. The molecule has 7 heteroatoms. The smallest absolute Gasteiger partial charge is 0.337 e. The Morgan fingerprint density at radius 2 is 1.77 bits per heavy atom. The molecule has 0 radical (unpaired) electrons. The number of hydrogen-bond donors (Lipinski definition) is 0. The minimum absolute atomic E-state index is 0.208. The maximum atomic E-state index is 11.9. The molecule has 3 rings (SSSR count). The van der Waals surface area contributed by atoms with Crippen LogP contribution in [-0.2, 0) is 22.5 Å². The molecule has 1 aliphatic rings. The predicted octanol–water partition coefficient (Wildman–Crippen LogP) is 3.69. The van der Waals surface area contributed by atoms with Crippen LogP contribution in [0, 0.1) is 0 Å². The van der Waals surface area contributed by atoms with Crippen LogP contribution < -0.4 is 0 Å². The fourth-order valence-corrected chi connectivity index (χ4v) is 4.51. The van der Waals surface area contributed by atoms with Gasteiger partial charge in [0.05, 0.1) is 12.7 Å². The van der Waals surface area contributed by atoms with E-state index in [1.54, 1.807) is 24.3 Å². The number of ether oxygens (including phenoxy) is 1. The lowest BCUT2D eigenvalue weighted by molar-refractivity contribution is 0.0600. The van der Waals surface area contributed by atoms with Gasteiger partial charge in [0.25, 0.3) is 0 Å². The summed E-state index contributed by atoms with van der Waals surface area (Å²) in [4.78, 5) is 14.1. The molecule has 2 aromatic carbocycles. The summed E-state index contributed by atoms with van der Waals surface area (Å²) in [5.41, 5.74) is 2.52. The number of nitrogens with zero attached hydrogens (tertiary/aromatic N) is 2. The molecule has 2 unspecified atom stereocenters. The van der Waals surface area contributed by atoms with Crippen molar-refractivity contribution in [2.75, 3.05) is 26.7 Å². The Morgan fingerprint density at radius 1 is 1.10 bits per heavy atom. The first kappa shape index (κ1) is 22.6. The number of likely N-dealkylation sites (tertiary alicyclic amines) is 1. The minimum atomic E-state index is -2.32. The Labute approximate surface area is 181 Å². The van der Waals surface area contributed by atoms with E-state index in [-0.39, 0.29) is 12.6 Å². The number of rotatable bonds is 9. The van der Waals surface area contributed by atoms with Gasteiger partial charge in [-0.15, -0.1) is 0 Å². The van der Waals surface area contributed by atoms with Crippen LogP contribution >= 0.6 is 0 Å². The Morgan fingerprint density at radius 3 is 2.37 bits per heavy atom. The highest BCUT2D eigenvalue weighted by Gasteiger charge is 2.23. The zero-order chi connectivity index (χ0) is 21.3. The number of piperidine rings is 1. The highest BCUT2D eigenvalue weighted by molar-refractivity contribution is 7.76. The van der Waals surface area contributed by atoms with Gasteiger partial charge in [-0.05, 0) is 55.6 Å². The van der Waals surface area contributed by atoms with Crippen LogP contribution in [-0.4, -0.2) is 50.7 Å². The van der Waals surface area contributed by atoms with Crippen molar-refractivity contribution in [3.05, 3.63) is 71.3 Å². The molecule has 0 aliphatic carbocycles. The number of carbonyl (C=O) groups excluding carboxylic acids is 1. The molecule has 0 amide bonds. The number of benzene rings is 2. The third-order valence-electron chi connectivity index (χ3n) is 5.61. The van der Waals surface area contributed by atoms with Gasteiger partial charge in [-0.1, -0.05) is 48.9 Å². The highest BCUT2D eigenvalue weighted by atomic mass is 32.2. The maximum Gasteiger partial charge on any atom is 0.337 e. The van der Waals surface area contributed by atoms with Gasteiger partial charge in [-0.2, -0.15) is 0 Å². The van der Waals surface area contributed by atoms with Gasteiger partial charge >= 0.3 is 5.97 Å². The van der Waals surface area contributed by atoms with Crippen molar-refractivity contribution in [1.29, 1.82) is 0 Å². The van der Waals surface area contributed by atoms with Gasteiger partial charge in [-0.3, -0.25) is 9.11 Å². The average molecular weight is 430 g/mol. The third kappa shape index (κ3) is 6.22. The molecule has 162 valence electrons.